The van der Waals surface area contributed by atoms with Crippen molar-refractivity contribution in [3.8, 4) is 0 Å². The van der Waals surface area contributed by atoms with Crippen molar-refractivity contribution in [1.82, 2.24) is 5.32 Å². The quantitative estimate of drug-likeness (QED) is 0.747. The van der Waals surface area contributed by atoms with E-state index < -0.39 is 0 Å². The zero-order valence-corrected chi connectivity index (χ0v) is 10.3. The van der Waals surface area contributed by atoms with Gasteiger partial charge < -0.3 is 5.32 Å². The van der Waals surface area contributed by atoms with E-state index in [1.54, 1.807) is 6.07 Å². The molecule has 1 aromatic rings. The van der Waals surface area contributed by atoms with Gasteiger partial charge in [0.2, 0.25) is 0 Å². The summed E-state index contributed by atoms with van der Waals surface area (Å²) in [7, 11) is 0. The molecule has 0 spiro atoms. The van der Waals surface area contributed by atoms with Gasteiger partial charge in [-0.05, 0) is 38.4 Å². The predicted octanol–water partition coefficient (Wildman–Crippen LogP) is 3.75. The maximum atomic E-state index is 13.8. The van der Waals surface area contributed by atoms with Gasteiger partial charge in [-0.2, -0.15) is 0 Å². The normalized spacial score (nSPS) is 12.5. The topological polar surface area (TPSA) is 12.0 Å². The highest BCUT2D eigenvalue weighted by Crippen LogP contribution is 2.23. The zero-order chi connectivity index (χ0) is 12.1. The van der Waals surface area contributed by atoms with Crippen LogP contribution in [0.1, 0.15) is 37.4 Å². The predicted molar refractivity (Wildman–Crippen MR) is 67.0 cm³/mol. The smallest absolute Gasteiger partial charge is 0.128 e. The summed E-state index contributed by atoms with van der Waals surface area (Å²) in [5.41, 5.74) is 2.74. The minimum Gasteiger partial charge on any atom is -0.310 e. The molecule has 0 aromatic heterocycles. The third-order valence-electron chi connectivity index (χ3n) is 2.53. The number of rotatable bonds is 5. The van der Waals surface area contributed by atoms with E-state index in [1.165, 1.54) is 0 Å². The number of aryl methyl sites for hydroxylation is 1. The Bertz CT molecular complexity index is 371. The van der Waals surface area contributed by atoms with Crippen molar-refractivity contribution in [3.05, 3.63) is 47.3 Å². The molecule has 0 aliphatic carbocycles. The molecule has 16 heavy (non-hydrogen) atoms. The molecule has 0 bridgehead atoms. The van der Waals surface area contributed by atoms with Crippen LogP contribution in [0.25, 0.3) is 0 Å². The van der Waals surface area contributed by atoms with Gasteiger partial charge in [-0.15, -0.1) is 6.58 Å². The van der Waals surface area contributed by atoms with Crippen LogP contribution >= 0.6 is 0 Å². The van der Waals surface area contributed by atoms with Crippen LogP contribution in [0, 0.1) is 12.7 Å². The van der Waals surface area contributed by atoms with Crippen LogP contribution in [-0.2, 0) is 0 Å². The average molecular weight is 221 g/mol. The van der Waals surface area contributed by atoms with Crippen molar-refractivity contribution in [1.29, 1.82) is 0 Å². The van der Waals surface area contributed by atoms with E-state index in [9.17, 15) is 4.39 Å². The van der Waals surface area contributed by atoms with E-state index in [0.29, 0.717) is 0 Å². The molecule has 1 aromatic carbocycles. The second kappa shape index (κ2) is 5.80. The van der Waals surface area contributed by atoms with Gasteiger partial charge in [0.05, 0.1) is 0 Å². The van der Waals surface area contributed by atoms with Gasteiger partial charge in [0.1, 0.15) is 5.82 Å². The van der Waals surface area contributed by atoms with Crippen LogP contribution in [-0.4, -0.2) is 6.54 Å². The largest absolute Gasteiger partial charge is 0.310 e. The maximum Gasteiger partial charge on any atom is 0.128 e. The molecule has 0 fully saturated rings. The Labute approximate surface area is 97.4 Å². The monoisotopic (exact) mass is 221 g/mol. The standard InChI is InChI=1S/C14H20FN/c1-5-16-14(8-10(2)3)12-7-6-11(4)9-13(12)15/h6-7,9,14,16H,2,5,8H2,1,3-4H3. The Balaban J connectivity index is 2.95. The van der Waals surface area contributed by atoms with Gasteiger partial charge in [0.15, 0.2) is 0 Å². The summed E-state index contributed by atoms with van der Waals surface area (Å²) < 4.78 is 13.8. The molecular formula is C14H20FN. The van der Waals surface area contributed by atoms with Crippen LogP contribution in [0.2, 0.25) is 0 Å². The molecule has 0 heterocycles. The molecule has 0 saturated carbocycles. The molecule has 1 rings (SSSR count). The van der Waals surface area contributed by atoms with E-state index in [1.807, 2.05) is 32.9 Å². The van der Waals surface area contributed by atoms with E-state index in [4.69, 9.17) is 0 Å². The fourth-order valence-corrected chi connectivity index (χ4v) is 1.80. The fourth-order valence-electron chi connectivity index (χ4n) is 1.80. The Kier molecular flexibility index (Phi) is 4.69. The highest BCUT2D eigenvalue weighted by Gasteiger charge is 2.14. The molecule has 88 valence electrons. The van der Waals surface area contributed by atoms with Gasteiger partial charge >= 0.3 is 0 Å². The molecule has 1 N–H and O–H groups in total. The lowest BCUT2D eigenvalue weighted by Gasteiger charge is -2.19. The fraction of sp³-hybridized carbons (Fsp3) is 0.429. The first-order valence-electron chi connectivity index (χ1n) is 5.68. The molecule has 0 saturated heterocycles. The van der Waals surface area contributed by atoms with Gasteiger partial charge in [-0.25, -0.2) is 4.39 Å². The first-order chi connectivity index (χ1) is 7.54. The lowest BCUT2D eigenvalue weighted by atomic mass is 9.98. The molecule has 1 atom stereocenters. The number of hydrogen-bond acceptors (Lipinski definition) is 1. The summed E-state index contributed by atoms with van der Waals surface area (Å²) in [4.78, 5) is 0. The SMILES string of the molecule is C=C(C)CC(NCC)c1ccc(C)cc1F. The maximum absolute atomic E-state index is 13.8. The first kappa shape index (κ1) is 12.9. The van der Waals surface area contributed by atoms with Crippen molar-refractivity contribution < 1.29 is 4.39 Å². The lowest BCUT2D eigenvalue weighted by Crippen LogP contribution is -2.22. The molecule has 0 amide bonds. The van der Waals surface area contributed by atoms with E-state index in [0.717, 1.165) is 29.7 Å². The van der Waals surface area contributed by atoms with Crippen molar-refractivity contribution in [3.63, 3.8) is 0 Å². The molecule has 1 unspecified atom stereocenters. The minimum absolute atomic E-state index is 0.0306. The summed E-state index contributed by atoms with van der Waals surface area (Å²) >= 11 is 0. The lowest BCUT2D eigenvalue weighted by molar-refractivity contribution is 0.508. The second-order valence-corrected chi connectivity index (χ2v) is 4.30. The van der Waals surface area contributed by atoms with E-state index in [-0.39, 0.29) is 11.9 Å². The van der Waals surface area contributed by atoms with Crippen LogP contribution in [0.15, 0.2) is 30.4 Å². The Morgan fingerprint density at radius 1 is 1.50 bits per heavy atom. The van der Waals surface area contributed by atoms with Gasteiger partial charge in [0, 0.05) is 11.6 Å². The number of hydrogen-bond donors (Lipinski definition) is 1. The van der Waals surface area contributed by atoms with Crippen molar-refractivity contribution in [2.24, 2.45) is 0 Å². The number of halogens is 1. The highest BCUT2D eigenvalue weighted by molar-refractivity contribution is 5.27. The summed E-state index contributed by atoms with van der Waals surface area (Å²) in [5, 5.41) is 3.29. The number of benzene rings is 1. The molecule has 0 radical (unpaired) electrons. The first-order valence-corrected chi connectivity index (χ1v) is 5.68. The van der Waals surface area contributed by atoms with E-state index >= 15 is 0 Å². The van der Waals surface area contributed by atoms with Crippen LogP contribution in [0.5, 0.6) is 0 Å². The Morgan fingerprint density at radius 2 is 2.19 bits per heavy atom. The van der Waals surface area contributed by atoms with Gasteiger partial charge in [-0.1, -0.05) is 24.6 Å². The van der Waals surface area contributed by atoms with Crippen LogP contribution < -0.4 is 5.32 Å². The van der Waals surface area contributed by atoms with Crippen molar-refractivity contribution in [2.45, 2.75) is 33.2 Å². The average Bonchev–Trinajstić information content (AvgIpc) is 2.16. The summed E-state index contributed by atoms with van der Waals surface area (Å²) in [6, 6.07) is 5.42. The molecule has 2 heteroatoms. The Hall–Kier alpha value is -1.15. The molecular weight excluding hydrogens is 201 g/mol. The molecule has 1 nitrogen and oxygen atoms in total. The van der Waals surface area contributed by atoms with Crippen LogP contribution in [0.4, 0.5) is 4.39 Å². The van der Waals surface area contributed by atoms with Gasteiger partial charge in [-0.3, -0.25) is 0 Å². The summed E-state index contributed by atoms with van der Waals surface area (Å²) in [5.74, 6) is -0.132. The zero-order valence-electron chi connectivity index (χ0n) is 10.3. The Morgan fingerprint density at radius 3 is 2.69 bits per heavy atom. The number of nitrogens with one attached hydrogen (secondary N) is 1. The third-order valence-corrected chi connectivity index (χ3v) is 2.53. The molecule has 0 aliphatic heterocycles. The minimum atomic E-state index is -0.132. The van der Waals surface area contributed by atoms with E-state index in [2.05, 4.69) is 11.9 Å². The molecule has 0 aliphatic rings. The second-order valence-electron chi connectivity index (χ2n) is 4.30. The van der Waals surface area contributed by atoms with Crippen molar-refractivity contribution >= 4 is 0 Å². The third kappa shape index (κ3) is 3.46. The van der Waals surface area contributed by atoms with Gasteiger partial charge in [0.25, 0.3) is 0 Å². The summed E-state index contributed by atoms with van der Waals surface area (Å²) in [6.45, 7) is 10.6. The summed E-state index contributed by atoms with van der Waals surface area (Å²) in [6.07, 6.45) is 0.772. The highest BCUT2D eigenvalue weighted by atomic mass is 19.1. The van der Waals surface area contributed by atoms with Crippen LogP contribution in [0.3, 0.4) is 0 Å². The van der Waals surface area contributed by atoms with Crippen molar-refractivity contribution in [2.75, 3.05) is 6.54 Å².